The van der Waals surface area contributed by atoms with Crippen molar-refractivity contribution in [1.82, 2.24) is 5.32 Å². The zero-order valence-corrected chi connectivity index (χ0v) is 11.1. The second-order valence-corrected chi connectivity index (χ2v) is 5.56. The van der Waals surface area contributed by atoms with Gasteiger partial charge in [0.05, 0.1) is 6.61 Å². The summed E-state index contributed by atoms with van der Waals surface area (Å²) in [5.41, 5.74) is 0. The first-order chi connectivity index (χ1) is 8.36. The van der Waals surface area contributed by atoms with E-state index < -0.39 is 0 Å². The third kappa shape index (κ3) is 4.57. The van der Waals surface area contributed by atoms with Crippen molar-refractivity contribution in [2.24, 2.45) is 11.8 Å². The Kier molecular flexibility index (Phi) is 5.75. The lowest BCUT2D eigenvalue weighted by Gasteiger charge is -2.29. The molecule has 0 aromatic rings. The molecule has 1 N–H and O–H groups in total. The van der Waals surface area contributed by atoms with Gasteiger partial charge in [0.2, 0.25) is 0 Å². The van der Waals surface area contributed by atoms with Crippen molar-refractivity contribution in [2.75, 3.05) is 33.0 Å². The second-order valence-electron chi connectivity index (χ2n) is 5.56. The standard InChI is InChI=1S/C14H27NO2/c1-12(14-3-2-8-17-11-14)15-7-4-13-5-9-16-10-6-13/h12-15H,2-11H2,1H3/t12-,14-/m1/s1. The lowest BCUT2D eigenvalue weighted by Crippen LogP contribution is -2.39. The Bertz CT molecular complexity index is 198. The summed E-state index contributed by atoms with van der Waals surface area (Å²) in [6, 6.07) is 0.607. The summed E-state index contributed by atoms with van der Waals surface area (Å²) in [4.78, 5) is 0. The molecule has 2 saturated heterocycles. The van der Waals surface area contributed by atoms with E-state index in [0.717, 1.165) is 44.8 Å². The van der Waals surface area contributed by atoms with Crippen LogP contribution in [-0.4, -0.2) is 39.0 Å². The molecule has 0 aromatic heterocycles. The lowest BCUT2D eigenvalue weighted by molar-refractivity contribution is 0.0406. The van der Waals surface area contributed by atoms with Gasteiger partial charge in [0.15, 0.2) is 0 Å². The van der Waals surface area contributed by atoms with E-state index in [2.05, 4.69) is 12.2 Å². The Balaban J connectivity index is 1.57. The van der Waals surface area contributed by atoms with E-state index >= 15 is 0 Å². The number of ether oxygens (including phenoxy) is 2. The fraction of sp³-hybridized carbons (Fsp3) is 1.00. The van der Waals surface area contributed by atoms with Gasteiger partial charge in [-0.15, -0.1) is 0 Å². The monoisotopic (exact) mass is 241 g/mol. The third-order valence-corrected chi connectivity index (χ3v) is 4.26. The molecule has 0 spiro atoms. The number of nitrogens with one attached hydrogen (secondary N) is 1. The zero-order valence-electron chi connectivity index (χ0n) is 11.1. The van der Waals surface area contributed by atoms with Gasteiger partial charge in [-0.3, -0.25) is 0 Å². The number of hydrogen-bond acceptors (Lipinski definition) is 3. The van der Waals surface area contributed by atoms with E-state index in [1.807, 2.05) is 0 Å². The van der Waals surface area contributed by atoms with Crippen molar-refractivity contribution in [2.45, 2.75) is 45.1 Å². The van der Waals surface area contributed by atoms with Gasteiger partial charge in [0.1, 0.15) is 0 Å². The van der Waals surface area contributed by atoms with Crippen LogP contribution < -0.4 is 5.32 Å². The minimum Gasteiger partial charge on any atom is -0.381 e. The summed E-state index contributed by atoms with van der Waals surface area (Å²) in [6.07, 6.45) is 6.37. The predicted molar refractivity (Wildman–Crippen MR) is 69.2 cm³/mol. The number of rotatable bonds is 5. The van der Waals surface area contributed by atoms with Crippen molar-refractivity contribution >= 4 is 0 Å². The SMILES string of the molecule is C[C@@H](NCCC1CCOCC1)[C@@H]1CCCOC1. The lowest BCUT2D eigenvalue weighted by atomic mass is 9.93. The van der Waals surface area contributed by atoms with Crippen LogP contribution in [0.1, 0.15) is 39.0 Å². The fourth-order valence-corrected chi connectivity index (χ4v) is 2.88. The van der Waals surface area contributed by atoms with Crippen LogP contribution in [0.2, 0.25) is 0 Å². The van der Waals surface area contributed by atoms with Gasteiger partial charge in [0.25, 0.3) is 0 Å². The largest absolute Gasteiger partial charge is 0.381 e. The van der Waals surface area contributed by atoms with Crippen LogP contribution >= 0.6 is 0 Å². The highest BCUT2D eigenvalue weighted by Crippen LogP contribution is 2.19. The van der Waals surface area contributed by atoms with Crippen LogP contribution in [0.25, 0.3) is 0 Å². The average molecular weight is 241 g/mol. The van der Waals surface area contributed by atoms with E-state index in [4.69, 9.17) is 9.47 Å². The van der Waals surface area contributed by atoms with Crippen LogP contribution in [0.4, 0.5) is 0 Å². The van der Waals surface area contributed by atoms with Crippen LogP contribution in [0.15, 0.2) is 0 Å². The summed E-state index contributed by atoms with van der Waals surface area (Å²) in [7, 11) is 0. The van der Waals surface area contributed by atoms with Gasteiger partial charge >= 0.3 is 0 Å². The van der Waals surface area contributed by atoms with E-state index in [-0.39, 0.29) is 0 Å². The highest BCUT2D eigenvalue weighted by Gasteiger charge is 2.20. The molecule has 2 rings (SSSR count). The molecular weight excluding hydrogens is 214 g/mol. The maximum Gasteiger partial charge on any atom is 0.0509 e. The molecule has 100 valence electrons. The van der Waals surface area contributed by atoms with Crippen LogP contribution in [0.3, 0.4) is 0 Å². The van der Waals surface area contributed by atoms with E-state index in [1.165, 1.54) is 32.1 Å². The molecule has 2 heterocycles. The minimum atomic E-state index is 0.607. The van der Waals surface area contributed by atoms with Gasteiger partial charge in [0, 0.05) is 25.9 Å². The normalized spacial score (nSPS) is 29.1. The molecule has 0 unspecified atom stereocenters. The first-order valence-corrected chi connectivity index (χ1v) is 7.25. The van der Waals surface area contributed by atoms with Gasteiger partial charge in [-0.05, 0) is 57.4 Å². The molecule has 3 nitrogen and oxygen atoms in total. The van der Waals surface area contributed by atoms with Crippen LogP contribution in [-0.2, 0) is 9.47 Å². The van der Waals surface area contributed by atoms with Crippen molar-refractivity contribution in [3.63, 3.8) is 0 Å². The summed E-state index contributed by atoms with van der Waals surface area (Å²) < 4.78 is 10.9. The van der Waals surface area contributed by atoms with Crippen molar-refractivity contribution < 1.29 is 9.47 Å². The maximum atomic E-state index is 5.54. The van der Waals surface area contributed by atoms with Gasteiger partial charge in [-0.2, -0.15) is 0 Å². The molecule has 2 fully saturated rings. The molecule has 0 radical (unpaired) electrons. The van der Waals surface area contributed by atoms with E-state index in [1.54, 1.807) is 0 Å². The topological polar surface area (TPSA) is 30.5 Å². The molecule has 0 bridgehead atoms. The predicted octanol–water partition coefficient (Wildman–Crippen LogP) is 2.21. The summed E-state index contributed by atoms with van der Waals surface area (Å²) in [5, 5.41) is 3.68. The molecule has 2 atom stereocenters. The van der Waals surface area contributed by atoms with Gasteiger partial charge < -0.3 is 14.8 Å². The Morgan fingerprint density at radius 2 is 1.94 bits per heavy atom. The molecule has 0 saturated carbocycles. The maximum absolute atomic E-state index is 5.54. The highest BCUT2D eigenvalue weighted by atomic mass is 16.5. The molecule has 0 aliphatic carbocycles. The number of hydrogen-bond donors (Lipinski definition) is 1. The molecule has 0 aromatic carbocycles. The van der Waals surface area contributed by atoms with Crippen molar-refractivity contribution in [3.8, 4) is 0 Å². The van der Waals surface area contributed by atoms with Crippen molar-refractivity contribution in [1.29, 1.82) is 0 Å². The molecular formula is C14H27NO2. The van der Waals surface area contributed by atoms with Crippen LogP contribution in [0, 0.1) is 11.8 Å². The van der Waals surface area contributed by atoms with E-state index in [0.29, 0.717) is 6.04 Å². The first kappa shape index (κ1) is 13.3. The smallest absolute Gasteiger partial charge is 0.0509 e. The Morgan fingerprint density at radius 3 is 2.65 bits per heavy atom. The Labute approximate surface area is 105 Å². The third-order valence-electron chi connectivity index (χ3n) is 4.26. The summed E-state index contributed by atoms with van der Waals surface area (Å²) >= 11 is 0. The fourth-order valence-electron chi connectivity index (χ4n) is 2.88. The Hall–Kier alpha value is -0.120. The molecule has 2 aliphatic rings. The summed E-state index contributed by atoms with van der Waals surface area (Å²) in [6.45, 7) is 7.32. The van der Waals surface area contributed by atoms with Crippen molar-refractivity contribution in [3.05, 3.63) is 0 Å². The van der Waals surface area contributed by atoms with E-state index in [9.17, 15) is 0 Å². The molecule has 0 amide bonds. The molecule has 3 heteroatoms. The molecule has 17 heavy (non-hydrogen) atoms. The zero-order chi connectivity index (χ0) is 11.9. The Morgan fingerprint density at radius 1 is 1.12 bits per heavy atom. The van der Waals surface area contributed by atoms with Gasteiger partial charge in [-0.1, -0.05) is 0 Å². The second kappa shape index (κ2) is 7.34. The summed E-state index contributed by atoms with van der Waals surface area (Å²) in [5.74, 6) is 1.60. The van der Waals surface area contributed by atoms with Crippen LogP contribution in [0.5, 0.6) is 0 Å². The average Bonchev–Trinajstić information content (AvgIpc) is 2.41. The quantitative estimate of drug-likeness (QED) is 0.800. The first-order valence-electron chi connectivity index (χ1n) is 7.25. The van der Waals surface area contributed by atoms with Gasteiger partial charge in [-0.25, -0.2) is 0 Å². The minimum absolute atomic E-state index is 0.607. The molecule has 2 aliphatic heterocycles. The highest BCUT2D eigenvalue weighted by molar-refractivity contribution is 4.75.